The van der Waals surface area contributed by atoms with Crippen LogP contribution in [0.3, 0.4) is 0 Å². The van der Waals surface area contributed by atoms with E-state index in [1.807, 2.05) is 43.3 Å². The molecule has 1 heterocycles. The maximum Gasteiger partial charge on any atom is 0.100 e. The number of hydrogen-bond acceptors (Lipinski definition) is 2. The summed E-state index contributed by atoms with van der Waals surface area (Å²) < 4.78 is 0. The summed E-state index contributed by atoms with van der Waals surface area (Å²) in [5, 5.41) is 16.8. The number of nitrogens with one attached hydrogen (secondary N) is 1. The quantitative estimate of drug-likeness (QED) is 0.500. The molecule has 27 heavy (non-hydrogen) atoms. The van der Waals surface area contributed by atoms with E-state index in [1.165, 1.54) is 0 Å². The smallest absolute Gasteiger partial charge is 0.100 e. The summed E-state index contributed by atoms with van der Waals surface area (Å²) >= 11 is 0. The molecule has 1 aromatic heterocycles. The maximum absolute atomic E-state index is 9.18. The molecule has 1 N–H and O–H groups in total. The van der Waals surface area contributed by atoms with Gasteiger partial charge in [-0.15, -0.1) is 0 Å². The number of aryl methyl sites for hydroxylation is 2. The van der Waals surface area contributed by atoms with Crippen molar-refractivity contribution in [3.63, 3.8) is 0 Å². The molecule has 0 spiro atoms. The molecule has 0 aliphatic heterocycles. The van der Waals surface area contributed by atoms with Crippen LogP contribution in [0.25, 0.3) is 33.5 Å². The first kappa shape index (κ1) is 16.8. The lowest BCUT2D eigenvalue weighted by Gasteiger charge is -2.09. The Balaban J connectivity index is 1.77. The van der Waals surface area contributed by atoms with Crippen molar-refractivity contribution in [1.82, 2.24) is 10.2 Å². The van der Waals surface area contributed by atoms with E-state index in [0.717, 1.165) is 44.8 Å². The van der Waals surface area contributed by atoms with E-state index in [4.69, 9.17) is 0 Å². The monoisotopic (exact) mass is 349 g/mol. The molecule has 4 rings (SSSR count). The molecule has 3 nitrogen and oxygen atoms in total. The third-order valence-corrected chi connectivity index (χ3v) is 4.85. The number of aromatic nitrogens is 2. The molecule has 0 bridgehead atoms. The lowest BCUT2D eigenvalue weighted by Crippen LogP contribution is -1.87. The largest absolute Gasteiger partial charge is 0.282 e. The topological polar surface area (TPSA) is 52.5 Å². The van der Waals surface area contributed by atoms with Crippen molar-refractivity contribution in [2.75, 3.05) is 0 Å². The van der Waals surface area contributed by atoms with Crippen molar-refractivity contribution in [3.8, 4) is 39.6 Å². The van der Waals surface area contributed by atoms with Crippen LogP contribution >= 0.6 is 0 Å². The summed E-state index contributed by atoms with van der Waals surface area (Å²) in [6.45, 7) is 4.11. The molecule has 0 aliphatic rings. The van der Waals surface area contributed by atoms with Gasteiger partial charge in [0.25, 0.3) is 0 Å². The van der Waals surface area contributed by atoms with E-state index >= 15 is 0 Å². The van der Waals surface area contributed by atoms with Crippen molar-refractivity contribution >= 4 is 0 Å². The number of aromatic amines is 1. The fourth-order valence-corrected chi connectivity index (χ4v) is 3.41. The summed E-state index contributed by atoms with van der Waals surface area (Å²) in [6.07, 6.45) is 0. The number of rotatable bonds is 3. The van der Waals surface area contributed by atoms with Crippen molar-refractivity contribution in [1.29, 1.82) is 5.26 Å². The minimum absolute atomic E-state index is 0.678. The van der Waals surface area contributed by atoms with Gasteiger partial charge in [0.05, 0.1) is 11.6 Å². The van der Waals surface area contributed by atoms with E-state index in [9.17, 15) is 5.26 Å². The van der Waals surface area contributed by atoms with Gasteiger partial charge in [0, 0.05) is 16.8 Å². The highest BCUT2D eigenvalue weighted by Crippen LogP contribution is 2.34. The van der Waals surface area contributed by atoms with Gasteiger partial charge in [-0.1, -0.05) is 60.7 Å². The van der Waals surface area contributed by atoms with Gasteiger partial charge in [-0.25, -0.2) is 0 Å². The fourth-order valence-electron chi connectivity index (χ4n) is 3.41. The normalized spacial score (nSPS) is 10.6. The van der Waals surface area contributed by atoms with Crippen molar-refractivity contribution in [2.45, 2.75) is 13.8 Å². The number of benzene rings is 3. The molecule has 0 amide bonds. The van der Waals surface area contributed by atoms with E-state index in [1.54, 1.807) is 0 Å². The summed E-state index contributed by atoms with van der Waals surface area (Å²) in [5.74, 6) is 0. The number of hydrogen-bond donors (Lipinski definition) is 1. The highest BCUT2D eigenvalue weighted by molar-refractivity contribution is 5.83. The molecule has 3 heteroatoms. The molecule has 0 unspecified atom stereocenters. The van der Waals surface area contributed by atoms with Gasteiger partial charge in [0.2, 0.25) is 0 Å². The van der Waals surface area contributed by atoms with Crippen molar-refractivity contribution in [2.24, 2.45) is 0 Å². The van der Waals surface area contributed by atoms with Crippen LogP contribution in [-0.2, 0) is 0 Å². The van der Waals surface area contributed by atoms with Gasteiger partial charge < -0.3 is 0 Å². The molecule has 0 atom stereocenters. The van der Waals surface area contributed by atoms with E-state index in [0.29, 0.717) is 5.56 Å². The van der Waals surface area contributed by atoms with Gasteiger partial charge >= 0.3 is 0 Å². The number of nitrogens with zero attached hydrogens (tertiary/aromatic N) is 2. The average Bonchev–Trinajstić information content (AvgIpc) is 3.11. The van der Waals surface area contributed by atoms with Crippen LogP contribution in [-0.4, -0.2) is 10.2 Å². The van der Waals surface area contributed by atoms with Crippen molar-refractivity contribution in [3.05, 3.63) is 89.6 Å². The summed E-state index contributed by atoms with van der Waals surface area (Å²) in [6, 6.07) is 26.7. The number of H-pyrrole nitrogens is 1. The third-order valence-electron chi connectivity index (χ3n) is 4.85. The first-order valence-corrected chi connectivity index (χ1v) is 8.89. The van der Waals surface area contributed by atoms with E-state index in [2.05, 4.69) is 59.6 Å². The van der Waals surface area contributed by atoms with Crippen LogP contribution in [0.5, 0.6) is 0 Å². The van der Waals surface area contributed by atoms with Gasteiger partial charge in [-0.2, -0.15) is 10.4 Å². The zero-order chi connectivity index (χ0) is 18.8. The Morgan fingerprint density at radius 1 is 0.815 bits per heavy atom. The van der Waals surface area contributed by atoms with Crippen LogP contribution < -0.4 is 0 Å². The minimum atomic E-state index is 0.678. The molecule has 4 aromatic rings. The summed E-state index contributed by atoms with van der Waals surface area (Å²) in [7, 11) is 0. The Kier molecular flexibility index (Phi) is 4.32. The standard InChI is InChI=1S/C24H19N3/c1-16-8-9-18(15-25)14-22(16)19-10-12-20(13-11-19)23-17(2)26-27-24(23)21-6-4-3-5-7-21/h3-14H,1-2H3,(H,26,27). The second kappa shape index (κ2) is 6.93. The number of nitriles is 1. The lowest BCUT2D eigenvalue weighted by molar-refractivity contribution is 1.05. The molecule has 3 aromatic carbocycles. The molecule has 0 aliphatic carbocycles. The van der Waals surface area contributed by atoms with Gasteiger partial charge in [-0.05, 0) is 48.2 Å². The van der Waals surface area contributed by atoms with Gasteiger partial charge in [0.15, 0.2) is 0 Å². The summed E-state index contributed by atoms with van der Waals surface area (Å²) in [4.78, 5) is 0. The molecule has 0 fully saturated rings. The molecule has 130 valence electrons. The summed E-state index contributed by atoms with van der Waals surface area (Å²) in [5.41, 5.74) is 9.38. The van der Waals surface area contributed by atoms with E-state index in [-0.39, 0.29) is 0 Å². The molecular weight excluding hydrogens is 330 g/mol. The molecule has 0 saturated carbocycles. The minimum Gasteiger partial charge on any atom is -0.282 e. The Bertz CT molecular complexity index is 1130. The first-order chi connectivity index (χ1) is 13.2. The molecule has 0 radical (unpaired) electrons. The Morgan fingerprint density at radius 3 is 2.22 bits per heavy atom. The van der Waals surface area contributed by atoms with Crippen molar-refractivity contribution < 1.29 is 0 Å². The van der Waals surface area contributed by atoms with Gasteiger partial charge in [0.1, 0.15) is 5.69 Å². The average molecular weight is 349 g/mol. The van der Waals surface area contributed by atoms with Crippen LogP contribution in [0.2, 0.25) is 0 Å². The maximum atomic E-state index is 9.18. The van der Waals surface area contributed by atoms with Crippen LogP contribution in [0.4, 0.5) is 0 Å². The zero-order valence-corrected chi connectivity index (χ0v) is 15.3. The first-order valence-electron chi connectivity index (χ1n) is 8.89. The van der Waals surface area contributed by atoms with Crippen LogP contribution in [0.1, 0.15) is 16.8 Å². The third kappa shape index (κ3) is 3.14. The van der Waals surface area contributed by atoms with Crippen LogP contribution in [0, 0.1) is 25.2 Å². The molecular formula is C24H19N3. The van der Waals surface area contributed by atoms with Gasteiger partial charge in [-0.3, -0.25) is 5.10 Å². The second-order valence-corrected chi connectivity index (χ2v) is 6.66. The van der Waals surface area contributed by atoms with Crippen LogP contribution in [0.15, 0.2) is 72.8 Å². The predicted molar refractivity (Wildman–Crippen MR) is 109 cm³/mol. The zero-order valence-electron chi connectivity index (χ0n) is 15.3. The Morgan fingerprint density at radius 2 is 1.52 bits per heavy atom. The Hall–Kier alpha value is -3.64. The Labute approximate surface area is 158 Å². The SMILES string of the molecule is Cc1ccc(C#N)cc1-c1ccc(-c2c(-c3ccccc3)n[nH]c2C)cc1. The van der Waals surface area contributed by atoms with E-state index < -0.39 is 0 Å². The highest BCUT2D eigenvalue weighted by Gasteiger charge is 2.14. The molecule has 0 saturated heterocycles. The fraction of sp³-hybridized carbons (Fsp3) is 0.0833. The second-order valence-electron chi connectivity index (χ2n) is 6.66. The predicted octanol–water partition coefficient (Wildman–Crippen LogP) is 5.90. The lowest BCUT2D eigenvalue weighted by atomic mass is 9.94. The highest BCUT2D eigenvalue weighted by atomic mass is 15.1.